The second-order valence-corrected chi connectivity index (χ2v) is 6.91. The van der Waals surface area contributed by atoms with E-state index in [9.17, 15) is 14.3 Å². The number of halogens is 1. The van der Waals surface area contributed by atoms with Gasteiger partial charge in [-0.1, -0.05) is 6.07 Å². The number of hydrogen-bond donors (Lipinski definition) is 2. The molecular weight excluding hydrogens is 341 g/mol. The molecule has 1 amide bonds. The van der Waals surface area contributed by atoms with Crippen LogP contribution < -0.4 is 5.32 Å². The van der Waals surface area contributed by atoms with E-state index in [1.165, 1.54) is 23.5 Å². The molecule has 5 nitrogen and oxygen atoms in total. The van der Waals surface area contributed by atoms with Crippen molar-refractivity contribution in [1.82, 2.24) is 15.3 Å². The lowest BCUT2D eigenvalue weighted by atomic mass is 10.0. The fourth-order valence-corrected chi connectivity index (χ4v) is 3.37. The highest BCUT2D eigenvalue weighted by Gasteiger charge is 2.24. The lowest BCUT2D eigenvalue weighted by Gasteiger charge is -2.19. The predicted octanol–water partition coefficient (Wildman–Crippen LogP) is 3.52. The van der Waals surface area contributed by atoms with Crippen LogP contribution in [0, 0.1) is 19.7 Å². The van der Waals surface area contributed by atoms with Gasteiger partial charge in [-0.3, -0.25) is 9.78 Å². The molecule has 3 aromatic rings. The van der Waals surface area contributed by atoms with Crippen molar-refractivity contribution < 1.29 is 14.3 Å². The first-order valence-corrected chi connectivity index (χ1v) is 8.41. The third-order valence-electron chi connectivity index (χ3n) is 3.68. The Balaban J connectivity index is 2.02. The molecule has 0 saturated carbocycles. The molecular formula is C18H16FN3O2S. The maximum atomic E-state index is 13.7. The Morgan fingerprint density at radius 3 is 2.72 bits per heavy atom. The van der Waals surface area contributed by atoms with Gasteiger partial charge in [-0.2, -0.15) is 0 Å². The molecule has 2 N–H and O–H groups in total. The highest BCUT2D eigenvalue weighted by atomic mass is 32.1. The van der Waals surface area contributed by atoms with Crippen LogP contribution in [0.1, 0.15) is 37.7 Å². The van der Waals surface area contributed by atoms with Gasteiger partial charge in [-0.05, 0) is 44.2 Å². The lowest BCUT2D eigenvalue weighted by molar-refractivity contribution is 0.0937. The van der Waals surface area contributed by atoms with Gasteiger partial charge in [0, 0.05) is 16.6 Å². The number of amides is 1. The van der Waals surface area contributed by atoms with E-state index in [1.54, 1.807) is 24.4 Å². The van der Waals surface area contributed by atoms with Gasteiger partial charge in [0.05, 0.1) is 10.7 Å². The summed E-state index contributed by atoms with van der Waals surface area (Å²) in [5, 5.41) is 13.7. The number of nitrogens with one attached hydrogen (secondary N) is 1. The molecule has 0 aliphatic rings. The second kappa shape index (κ2) is 6.98. The Hall–Kier alpha value is -2.80. The van der Waals surface area contributed by atoms with Gasteiger partial charge in [0.25, 0.3) is 5.91 Å². The van der Waals surface area contributed by atoms with Crippen molar-refractivity contribution in [3.05, 3.63) is 75.2 Å². The molecule has 0 aliphatic heterocycles. The first-order chi connectivity index (χ1) is 12.0. The number of carbonyl (C=O) groups excluding carboxylic acids is 1. The van der Waals surface area contributed by atoms with Crippen molar-refractivity contribution >= 4 is 17.2 Å². The van der Waals surface area contributed by atoms with E-state index in [0.717, 1.165) is 16.0 Å². The standard InChI is InChI=1S/C18H16FN3O2S/c1-10-16(21-11(2)25-10)18(24)22-17(14-5-3-4-8-20-14)13-9-12(19)6-7-15(13)23/h3-9,17,23H,1-2H3,(H,22,24). The van der Waals surface area contributed by atoms with Crippen LogP contribution in [0.4, 0.5) is 4.39 Å². The third kappa shape index (κ3) is 3.66. The SMILES string of the molecule is Cc1nc(C(=O)NC(c2ccccn2)c2cc(F)ccc2O)c(C)s1. The fraction of sp³-hybridized carbons (Fsp3) is 0.167. The van der Waals surface area contributed by atoms with Crippen molar-refractivity contribution in [2.24, 2.45) is 0 Å². The van der Waals surface area contributed by atoms with Gasteiger partial charge < -0.3 is 10.4 Å². The van der Waals surface area contributed by atoms with E-state index in [1.807, 2.05) is 13.8 Å². The van der Waals surface area contributed by atoms with E-state index >= 15 is 0 Å². The Labute approximate surface area is 148 Å². The van der Waals surface area contributed by atoms with Gasteiger partial charge >= 0.3 is 0 Å². The molecule has 0 aliphatic carbocycles. The van der Waals surface area contributed by atoms with Gasteiger partial charge in [-0.25, -0.2) is 9.37 Å². The van der Waals surface area contributed by atoms with Crippen molar-refractivity contribution in [2.75, 3.05) is 0 Å². The molecule has 0 spiro atoms. The van der Waals surface area contributed by atoms with Crippen LogP contribution in [0.2, 0.25) is 0 Å². The molecule has 1 atom stereocenters. The number of rotatable bonds is 4. The number of pyridine rings is 1. The molecule has 1 unspecified atom stereocenters. The fourth-order valence-electron chi connectivity index (χ4n) is 2.55. The number of hydrogen-bond acceptors (Lipinski definition) is 5. The Kier molecular flexibility index (Phi) is 4.76. The molecule has 7 heteroatoms. The average Bonchev–Trinajstić information content (AvgIpc) is 2.94. The van der Waals surface area contributed by atoms with E-state index in [2.05, 4.69) is 15.3 Å². The van der Waals surface area contributed by atoms with Crippen molar-refractivity contribution in [3.63, 3.8) is 0 Å². The molecule has 1 aromatic carbocycles. The minimum atomic E-state index is -0.800. The zero-order chi connectivity index (χ0) is 18.0. The number of aromatic nitrogens is 2. The van der Waals surface area contributed by atoms with Crippen molar-refractivity contribution in [2.45, 2.75) is 19.9 Å². The molecule has 128 valence electrons. The van der Waals surface area contributed by atoms with Crippen molar-refractivity contribution in [3.8, 4) is 5.75 Å². The number of phenolic OH excluding ortho intramolecular Hbond substituents is 1. The Morgan fingerprint density at radius 2 is 2.08 bits per heavy atom. The summed E-state index contributed by atoms with van der Waals surface area (Å²) >= 11 is 1.42. The Morgan fingerprint density at radius 1 is 1.28 bits per heavy atom. The van der Waals surface area contributed by atoms with Crippen LogP contribution in [-0.4, -0.2) is 21.0 Å². The minimum absolute atomic E-state index is 0.122. The maximum absolute atomic E-state index is 13.7. The monoisotopic (exact) mass is 357 g/mol. The summed E-state index contributed by atoms with van der Waals surface area (Å²) in [4.78, 5) is 21.9. The molecule has 0 bridgehead atoms. The second-order valence-electron chi connectivity index (χ2n) is 5.50. The smallest absolute Gasteiger partial charge is 0.271 e. The number of benzene rings is 1. The van der Waals surface area contributed by atoms with Crippen LogP contribution in [0.15, 0.2) is 42.6 Å². The zero-order valence-electron chi connectivity index (χ0n) is 13.7. The van der Waals surface area contributed by atoms with E-state index in [-0.39, 0.29) is 11.3 Å². The largest absolute Gasteiger partial charge is 0.508 e. The molecule has 25 heavy (non-hydrogen) atoms. The molecule has 3 rings (SSSR count). The normalized spacial score (nSPS) is 12.0. The predicted molar refractivity (Wildman–Crippen MR) is 93.2 cm³/mol. The molecule has 0 saturated heterocycles. The minimum Gasteiger partial charge on any atom is -0.508 e. The summed E-state index contributed by atoms with van der Waals surface area (Å²) in [6.45, 7) is 3.64. The zero-order valence-corrected chi connectivity index (χ0v) is 14.5. The molecule has 2 heterocycles. The number of thiazole rings is 1. The van der Waals surface area contributed by atoms with Gasteiger partial charge in [0.15, 0.2) is 0 Å². The van der Waals surface area contributed by atoms with Crippen LogP contribution in [0.25, 0.3) is 0 Å². The van der Waals surface area contributed by atoms with Crippen LogP contribution in [0.5, 0.6) is 5.75 Å². The van der Waals surface area contributed by atoms with Gasteiger partial charge in [0.1, 0.15) is 23.3 Å². The summed E-state index contributed by atoms with van der Waals surface area (Å²) in [6, 6.07) is 8.00. The average molecular weight is 357 g/mol. The topological polar surface area (TPSA) is 75.1 Å². The van der Waals surface area contributed by atoms with E-state index in [4.69, 9.17) is 0 Å². The van der Waals surface area contributed by atoms with Crippen LogP contribution in [-0.2, 0) is 0 Å². The first kappa shape index (κ1) is 17.0. The lowest BCUT2D eigenvalue weighted by Crippen LogP contribution is -2.30. The summed E-state index contributed by atoms with van der Waals surface area (Å²) in [5.41, 5.74) is 1.04. The highest BCUT2D eigenvalue weighted by Crippen LogP contribution is 2.29. The van der Waals surface area contributed by atoms with E-state index in [0.29, 0.717) is 11.4 Å². The number of phenols is 1. The number of aryl methyl sites for hydroxylation is 2. The summed E-state index contributed by atoms with van der Waals surface area (Å²) in [6.07, 6.45) is 1.57. The maximum Gasteiger partial charge on any atom is 0.271 e. The quantitative estimate of drug-likeness (QED) is 0.749. The summed E-state index contributed by atoms with van der Waals surface area (Å²) < 4.78 is 13.7. The van der Waals surface area contributed by atoms with Crippen LogP contribution in [0.3, 0.4) is 0 Å². The number of carbonyl (C=O) groups is 1. The van der Waals surface area contributed by atoms with Crippen molar-refractivity contribution in [1.29, 1.82) is 0 Å². The first-order valence-electron chi connectivity index (χ1n) is 7.60. The molecule has 2 aromatic heterocycles. The number of nitrogens with zero attached hydrogens (tertiary/aromatic N) is 2. The number of aromatic hydroxyl groups is 1. The third-order valence-corrected chi connectivity index (χ3v) is 4.56. The summed E-state index contributed by atoms with van der Waals surface area (Å²) in [5.74, 6) is -1.03. The van der Waals surface area contributed by atoms with Crippen LogP contribution >= 0.6 is 11.3 Å². The summed E-state index contributed by atoms with van der Waals surface area (Å²) in [7, 11) is 0. The Bertz CT molecular complexity index is 912. The molecule has 0 fully saturated rings. The van der Waals surface area contributed by atoms with Gasteiger partial charge in [0.2, 0.25) is 0 Å². The van der Waals surface area contributed by atoms with E-state index < -0.39 is 17.8 Å². The highest BCUT2D eigenvalue weighted by molar-refractivity contribution is 7.11. The molecule has 0 radical (unpaired) electrons. The van der Waals surface area contributed by atoms with Gasteiger partial charge in [-0.15, -0.1) is 11.3 Å².